The van der Waals surface area contributed by atoms with Crippen molar-refractivity contribution < 1.29 is 22.4 Å². The second-order valence-corrected chi connectivity index (χ2v) is 6.66. The van der Waals surface area contributed by atoms with Crippen molar-refractivity contribution in [2.45, 2.75) is 31.2 Å². The van der Waals surface area contributed by atoms with E-state index in [2.05, 4.69) is 10.6 Å². The molecule has 2 aromatic rings. The normalized spacial score (nSPS) is 19.0. The molecule has 0 radical (unpaired) electrons. The molecule has 0 aliphatic carbocycles. The minimum atomic E-state index is -0.942. The largest absolute Gasteiger partial charge is 0.351 e. The predicted octanol–water partition coefficient (Wildman–Crippen LogP) is 3.86. The van der Waals surface area contributed by atoms with Crippen molar-refractivity contribution >= 4 is 18.3 Å². The van der Waals surface area contributed by atoms with E-state index < -0.39 is 23.3 Å². The van der Waals surface area contributed by atoms with E-state index in [0.717, 1.165) is 18.2 Å². The molecule has 1 heterocycles. The molecule has 1 saturated heterocycles. The first kappa shape index (κ1) is 22.2. The van der Waals surface area contributed by atoms with Gasteiger partial charge in [0.2, 0.25) is 5.91 Å². The van der Waals surface area contributed by atoms with Gasteiger partial charge in [0.25, 0.3) is 0 Å². The second kappa shape index (κ2) is 9.89. The highest BCUT2D eigenvalue weighted by molar-refractivity contribution is 5.85. The van der Waals surface area contributed by atoms with E-state index in [1.54, 1.807) is 0 Å². The van der Waals surface area contributed by atoms with Gasteiger partial charge in [0.05, 0.1) is 0 Å². The molecular weight excluding hydrogens is 396 g/mol. The molecular formula is C20H21ClF4N2O. The standard InChI is InChI=1S/C20H20F4N2O.ClH/c21-15-6-4-13(10-17(15)23)14-8-9-25-11-18(14)26-19(27)7-5-12-2-1-3-16(22)20(12)24;/h1-4,6,10,14,18,25H,5,7-9,11H2,(H,26,27);1H. The lowest BCUT2D eigenvalue weighted by Gasteiger charge is -2.33. The molecule has 0 saturated carbocycles. The Hall–Kier alpha value is -2.12. The maximum absolute atomic E-state index is 13.7. The number of benzene rings is 2. The Bertz CT molecular complexity index is 834. The van der Waals surface area contributed by atoms with Gasteiger partial charge in [0, 0.05) is 24.9 Å². The summed E-state index contributed by atoms with van der Waals surface area (Å²) < 4.78 is 53.7. The predicted molar refractivity (Wildman–Crippen MR) is 100 cm³/mol. The molecule has 2 atom stereocenters. The van der Waals surface area contributed by atoms with Gasteiger partial charge < -0.3 is 10.6 Å². The summed E-state index contributed by atoms with van der Waals surface area (Å²) in [4.78, 5) is 12.3. The summed E-state index contributed by atoms with van der Waals surface area (Å²) in [6.07, 6.45) is 0.737. The lowest BCUT2D eigenvalue weighted by atomic mass is 9.86. The van der Waals surface area contributed by atoms with Crippen LogP contribution in [0.3, 0.4) is 0 Å². The average Bonchev–Trinajstić information content (AvgIpc) is 2.66. The Morgan fingerprint density at radius 2 is 1.86 bits per heavy atom. The van der Waals surface area contributed by atoms with Crippen LogP contribution in [-0.4, -0.2) is 25.0 Å². The van der Waals surface area contributed by atoms with Gasteiger partial charge in [-0.1, -0.05) is 18.2 Å². The molecule has 1 amide bonds. The zero-order valence-electron chi connectivity index (χ0n) is 15.0. The van der Waals surface area contributed by atoms with Crippen LogP contribution in [0, 0.1) is 23.3 Å². The molecule has 28 heavy (non-hydrogen) atoms. The second-order valence-electron chi connectivity index (χ2n) is 6.66. The van der Waals surface area contributed by atoms with Crippen LogP contribution in [-0.2, 0) is 11.2 Å². The van der Waals surface area contributed by atoms with Crippen LogP contribution in [0.5, 0.6) is 0 Å². The van der Waals surface area contributed by atoms with E-state index in [-0.39, 0.29) is 48.7 Å². The van der Waals surface area contributed by atoms with Crippen LogP contribution in [0.25, 0.3) is 0 Å². The molecule has 2 unspecified atom stereocenters. The number of hydrogen-bond acceptors (Lipinski definition) is 2. The first-order chi connectivity index (χ1) is 13.0. The number of aryl methyl sites for hydroxylation is 1. The lowest BCUT2D eigenvalue weighted by Crippen LogP contribution is -2.50. The van der Waals surface area contributed by atoms with E-state index in [4.69, 9.17) is 0 Å². The van der Waals surface area contributed by atoms with E-state index in [1.165, 1.54) is 18.2 Å². The van der Waals surface area contributed by atoms with Gasteiger partial charge in [0.15, 0.2) is 23.3 Å². The Kier molecular flexibility index (Phi) is 7.83. The van der Waals surface area contributed by atoms with Crippen molar-refractivity contribution in [2.24, 2.45) is 0 Å². The minimum Gasteiger partial charge on any atom is -0.351 e. The fraction of sp³-hybridized carbons (Fsp3) is 0.350. The van der Waals surface area contributed by atoms with Gasteiger partial charge in [-0.3, -0.25) is 4.79 Å². The summed E-state index contributed by atoms with van der Waals surface area (Å²) in [5.74, 6) is -4.17. The number of rotatable bonds is 5. The van der Waals surface area contributed by atoms with Crippen molar-refractivity contribution in [3.8, 4) is 0 Å². The zero-order chi connectivity index (χ0) is 19.4. The van der Waals surface area contributed by atoms with Crippen molar-refractivity contribution in [3.63, 3.8) is 0 Å². The molecule has 0 bridgehead atoms. The lowest BCUT2D eigenvalue weighted by molar-refractivity contribution is -0.122. The molecule has 1 fully saturated rings. The van der Waals surface area contributed by atoms with Crippen LogP contribution in [0.4, 0.5) is 17.6 Å². The minimum absolute atomic E-state index is 0. The molecule has 3 rings (SSSR count). The third-order valence-corrected chi connectivity index (χ3v) is 4.85. The highest BCUT2D eigenvalue weighted by atomic mass is 35.5. The molecule has 1 aliphatic heterocycles. The number of amides is 1. The fourth-order valence-corrected chi connectivity index (χ4v) is 3.42. The molecule has 2 N–H and O–H groups in total. The quantitative estimate of drug-likeness (QED) is 0.727. The molecule has 2 aromatic carbocycles. The maximum atomic E-state index is 13.7. The maximum Gasteiger partial charge on any atom is 0.220 e. The number of nitrogens with one attached hydrogen (secondary N) is 2. The Labute approximate surface area is 166 Å². The third-order valence-electron chi connectivity index (χ3n) is 4.85. The van der Waals surface area contributed by atoms with Crippen molar-refractivity contribution in [3.05, 3.63) is 70.8 Å². The van der Waals surface area contributed by atoms with Gasteiger partial charge >= 0.3 is 0 Å². The summed E-state index contributed by atoms with van der Waals surface area (Å²) in [7, 11) is 0. The van der Waals surface area contributed by atoms with E-state index in [9.17, 15) is 22.4 Å². The van der Waals surface area contributed by atoms with Gasteiger partial charge in [-0.05, 0) is 48.7 Å². The Morgan fingerprint density at radius 1 is 1.07 bits per heavy atom. The molecule has 0 aromatic heterocycles. The van der Waals surface area contributed by atoms with Gasteiger partial charge in [0.1, 0.15) is 0 Å². The number of piperidine rings is 1. The van der Waals surface area contributed by atoms with E-state index in [1.807, 2.05) is 0 Å². The first-order valence-corrected chi connectivity index (χ1v) is 8.83. The Balaban J connectivity index is 0.00000280. The van der Waals surface area contributed by atoms with Gasteiger partial charge in [-0.2, -0.15) is 0 Å². The van der Waals surface area contributed by atoms with Gasteiger partial charge in [-0.25, -0.2) is 17.6 Å². The monoisotopic (exact) mass is 416 g/mol. The zero-order valence-corrected chi connectivity index (χ0v) is 15.8. The highest BCUT2D eigenvalue weighted by Gasteiger charge is 2.28. The van der Waals surface area contributed by atoms with Crippen molar-refractivity contribution in [1.82, 2.24) is 10.6 Å². The van der Waals surface area contributed by atoms with Crippen LogP contribution in [0.2, 0.25) is 0 Å². The summed E-state index contributed by atoms with van der Waals surface area (Å²) in [5, 5.41) is 6.04. The molecule has 0 spiro atoms. The number of hydrogen-bond donors (Lipinski definition) is 2. The molecule has 3 nitrogen and oxygen atoms in total. The summed E-state index contributed by atoms with van der Waals surface area (Å²) in [5.41, 5.74) is 0.765. The average molecular weight is 417 g/mol. The van der Waals surface area contributed by atoms with Crippen LogP contribution < -0.4 is 10.6 Å². The number of halogens is 5. The van der Waals surface area contributed by atoms with E-state index >= 15 is 0 Å². The first-order valence-electron chi connectivity index (χ1n) is 8.83. The Morgan fingerprint density at radius 3 is 2.61 bits per heavy atom. The fourth-order valence-electron chi connectivity index (χ4n) is 3.42. The van der Waals surface area contributed by atoms with E-state index in [0.29, 0.717) is 25.1 Å². The van der Waals surface area contributed by atoms with Gasteiger partial charge in [-0.15, -0.1) is 12.4 Å². The summed E-state index contributed by atoms with van der Waals surface area (Å²) in [6.45, 7) is 1.19. The molecule has 1 aliphatic rings. The SMILES string of the molecule is Cl.O=C(CCc1cccc(F)c1F)NC1CNCCC1c1ccc(F)c(F)c1. The van der Waals surface area contributed by atoms with Crippen LogP contribution in [0.1, 0.15) is 29.9 Å². The number of carbonyl (C=O) groups is 1. The molecule has 152 valence electrons. The van der Waals surface area contributed by atoms with Crippen LogP contribution >= 0.6 is 12.4 Å². The smallest absolute Gasteiger partial charge is 0.220 e. The number of carbonyl (C=O) groups excluding carboxylic acids is 1. The van der Waals surface area contributed by atoms with Crippen molar-refractivity contribution in [2.75, 3.05) is 13.1 Å². The topological polar surface area (TPSA) is 41.1 Å². The van der Waals surface area contributed by atoms with Crippen molar-refractivity contribution in [1.29, 1.82) is 0 Å². The highest BCUT2D eigenvalue weighted by Crippen LogP contribution is 2.27. The third kappa shape index (κ3) is 5.23. The molecule has 8 heteroatoms. The van der Waals surface area contributed by atoms with Crippen LogP contribution in [0.15, 0.2) is 36.4 Å². The summed E-state index contributed by atoms with van der Waals surface area (Å²) >= 11 is 0. The summed E-state index contributed by atoms with van der Waals surface area (Å²) in [6, 6.07) is 7.33.